The summed E-state index contributed by atoms with van der Waals surface area (Å²) in [6.07, 6.45) is -0.130. The van der Waals surface area contributed by atoms with Crippen molar-refractivity contribution in [1.82, 2.24) is 4.57 Å². The van der Waals surface area contributed by atoms with E-state index in [0.29, 0.717) is 35.0 Å². The summed E-state index contributed by atoms with van der Waals surface area (Å²) in [6, 6.07) is 11.5. The normalized spacial score (nSPS) is 18.4. The molecule has 1 aliphatic carbocycles. The van der Waals surface area contributed by atoms with Gasteiger partial charge in [-0.15, -0.1) is 0 Å². The van der Waals surface area contributed by atoms with Gasteiger partial charge in [-0.25, -0.2) is 0 Å². The summed E-state index contributed by atoms with van der Waals surface area (Å²) in [5, 5.41) is 11.9. The van der Waals surface area contributed by atoms with Gasteiger partial charge in [-0.05, 0) is 38.0 Å². The lowest BCUT2D eigenvalue weighted by atomic mass is 9.77. The highest BCUT2D eigenvalue weighted by molar-refractivity contribution is 6.41. The predicted octanol–water partition coefficient (Wildman–Crippen LogP) is 7.10. The Labute approximate surface area is 214 Å². The van der Waals surface area contributed by atoms with Crippen LogP contribution in [0.25, 0.3) is 16.5 Å². The van der Waals surface area contributed by atoms with Gasteiger partial charge >= 0.3 is 6.18 Å². The highest BCUT2D eigenvalue weighted by atomic mass is 19.4. The summed E-state index contributed by atoms with van der Waals surface area (Å²) in [5.41, 5.74) is 2.54. The van der Waals surface area contributed by atoms with Crippen LogP contribution in [-0.2, 0) is 23.4 Å². The lowest BCUT2D eigenvalue weighted by Gasteiger charge is -2.23. The number of halogens is 3. The number of aliphatic hydroxyl groups excluding tert-OH is 1. The minimum Gasteiger partial charge on any atom is -0.506 e. The Morgan fingerprint density at radius 3 is 2.49 bits per heavy atom. The molecule has 1 aliphatic heterocycles. The number of hydrogen-bond acceptors (Lipinski definition) is 2. The average molecular weight is 508 g/mol. The molecule has 7 heteroatoms. The van der Waals surface area contributed by atoms with Gasteiger partial charge in [-0.1, -0.05) is 32.0 Å². The molecule has 2 aliphatic rings. The molecule has 0 radical (unpaired) electrons. The summed E-state index contributed by atoms with van der Waals surface area (Å²) in [4.78, 5) is 13.4. The van der Waals surface area contributed by atoms with Gasteiger partial charge in [0.05, 0.1) is 22.1 Å². The van der Waals surface area contributed by atoms with Gasteiger partial charge in [-0.3, -0.25) is 4.79 Å². The minimum atomic E-state index is -4.45. The molecule has 2 heterocycles. The van der Waals surface area contributed by atoms with Crippen LogP contribution >= 0.6 is 0 Å². The monoisotopic (exact) mass is 507 g/mol. The lowest BCUT2D eigenvalue weighted by molar-refractivity contribution is -0.439. The molecular formula is C30H30F3N2O2+. The van der Waals surface area contributed by atoms with Crippen molar-refractivity contribution in [3.63, 3.8) is 0 Å². The largest absolute Gasteiger partial charge is 0.506 e. The second-order valence-corrected chi connectivity index (χ2v) is 10.9. The van der Waals surface area contributed by atoms with E-state index < -0.39 is 17.2 Å². The van der Waals surface area contributed by atoms with Gasteiger partial charge < -0.3 is 9.67 Å². The molecule has 1 N–H and O–H groups in total. The van der Waals surface area contributed by atoms with E-state index in [1.807, 2.05) is 60.5 Å². The summed E-state index contributed by atoms with van der Waals surface area (Å²) < 4.78 is 44.5. The van der Waals surface area contributed by atoms with E-state index in [1.54, 1.807) is 6.08 Å². The van der Waals surface area contributed by atoms with E-state index in [1.165, 1.54) is 12.1 Å². The fraction of sp³-hybridized carbons (Fsp3) is 0.333. The van der Waals surface area contributed by atoms with Crippen LogP contribution in [0.4, 0.5) is 18.9 Å². The number of carbonyl (C=O) groups excluding carboxylic acids is 1. The van der Waals surface area contributed by atoms with Crippen molar-refractivity contribution in [1.29, 1.82) is 0 Å². The van der Waals surface area contributed by atoms with Crippen molar-refractivity contribution in [2.24, 2.45) is 13.0 Å². The quantitative estimate of drug-likeness (QED) is 0.296. The molecule has 0 spiro atoms. The van der Waals surface area contributed by atoms with Crippen molar-refractivity contribution in [3.8, 4) is 0 Å². The zero-order chi connectivity index (χ0) is 26.9. The number of Topliss-reactive ketones (excluding diaryl/α,β-unsaturated/α-hetero) is 1. The molecule has 37 heavy (non-hydrogen) atoms. The van der Waals surface area contributed by atoms with E-state index in [4.69, 9.17) is 0 Å². The van der Waals surface area contributed by atoms with E-state index in [2.05, 4.69) is 13.8 Å². The maximum atomic E-state index is 13.5. The topological polar surface area (TPSA) is 45.2 Å². The Kier molecular flexibility index (Phi) is 5.73. The minimum absolute atomic E-state index is 0.0830. The lowest BCUT2D eigenvalue weighted by Crippen LogP contribution is -2.31. The molecule has 4 nitrogen and oxygen atoms in total. The first kappa shape index (κ1) is 25.1. The number of aromatic nitrogens is 1. The summed E-state index contributed by atoms with van der Waals surface area (Å²) >= 11 is 0. The summed E-state index contributed by atoms with van der Waals surface area (Å²) in [5.74, 6) is 0.0282. The smallest absolute Gasteiger partial charge is 0.416 e. The van der Waals surface area contributed by atoms with Gasteiger partial charge in [0.2, 0.25) is 11.5 Å². The Hall–Kier alpha value is -3.61. The highest BCUT2D eigenvalue weighted by Gasteiger charge is 2.48. The standard InChI is InChI=1S/C30H29F3N2O2/c1-17(2)12-13-35-24-11-10-18(30(31,32)33)14-22(24)29(3,4)25(35)15-20-27(36)26(28(20)37)21-16-34(5)23-9-7-6-8-19(21)23/h6-11,14-17H,12-13H2,1-5H3/p+1. The Balaban J connectivity index is 1.63. The second kappa shape index (κ2) is 8.47. The molecule has 0 bridgehead atoms. The fourth-order valence-corrected chi connectivity index (χ4v) is 5.42. The number of para-hydroxylation sites is 1. The van der Waals surface area contributed by atoms with Gasteiger partial charge in [0.1, 0.15) is 12.3 Å². The number of fused-ring (bicyclic) bond motifs is 2. The SMILES string of the molecule is CC(C)CC[N+]1=C(/C=C2\C(=O)C(c3cn(C)c4ccccc34)=C2O)C(C)(C)c2cc(C(F)(F)F)ccc21. The molecule has 0 fully saturated rings. The Morgan fingerprint density at radius 1 is 1.14 bits per heavy atom. The van der Waals surface area contributed by atoms with Crippen LogP contribution in [0, 0.1) is 5.92 Å². The zero-order valence-electron chi connectivity index (χ0n) is 21.6. The number of ketones is 1. The maximum absolute atomic E-state index is 13.5. The van der Waals surface area contributed by atoms with Crippen LogP contribution in [0.15, 0.2) is 66.1 Å². The van der Waals surface area contributed by atoms with Crippen molar-refractivity contribution >= 4 is 33.7 Å². The summed E-state index contributed by atoms with van der Waals surface area (Å²) in [6.45, 7) is 8.50. The van der Waals surface area contributed by atoms with Gasteiger partial charge in [0.15, 0.2) is 5.71 Å². The number of nitrogens with zero attached hydrogens (tertiary/aromatic N) is 2. The molecule has 2 aromatic carbocycles. The first-order valence-corrected chi connectivity index (χ1v) is 12.4. The van der Waals surface area contributed by atoms with Crippen LogP contribution in [-0.4, -0.2) is 32.3 Å². The van der Waals surface area contributed by atoms with E-state index >= 15 is 0 Å². The Morgan fingerprint density at radius 2 is 1.84 bits per heavy atom. The maximum Gasteiger partial charge on any atom is 0.416 e. The van der Waals surface area contributed by atoms with Crippen LogP contribution in [0.1, 0.15) is 50.8 Å². The third-order valence-corrected chi connectivity index (χ3v) is 7.56. The fourth-order valence-electron chi connectivity index (χ4n) is 5.42. The van der Waals surface area contributed by atoms with Crippen molar-refractivity contribution in [3.05, 3.63) is 82.8 Å². The third-order valence-electron chi connectivity index (χ3n) is 7.56. The van der Waals surface area contributed by atoms with E-state index in [0.717, 1.165) is 23.4 Å². The molecule has 0 saturated carbocycles. The number of hydrogen-bond donors (Lipinski definition) is 1. The van der Waals surface area contributed by atoms with Gasteiger partial charge in [0.25, 0.3) is 0 Å². The first-order chi connectivity index (χ1) is 17.3. The van der Waals surface area contributed by atoms with Crippen molar-refractivity contribution in [2.45, 2.75) is 45.7 Å². The molecule has 0 amide bonds. The molecule has 5 rings (SSSR count). The van der Waals surface area contributed by atoms with E-state index in [9.17, 15) is 23.1 Å². The molecule has 0 atom stereocenters. The van der Waals surface area contributed by atoms with Crippen molar-refractivity contribution < 1.29 is 27.6 Å². The first-order valence-electron chi connectivity index (χ1n) is 12.4. The van der Waals surface area contributed by atoms with Crippen LogP contribution < -0.4 is 0 Å². The number of aliphatic hydroxyl groups is 1. The van der Waals surface area contributed by atoms with Crippen LogP contribution in [0.5, 0.6) is 0 Å². The van der Waals surface area contributed by atoms with Gasteiger partial charge in [0, 0.05) is 53.8 Å². The third kappa shape index (κ3) is 3.92. The number of rotatable bonds is 5. The number of aryl methyl sites for hydroxylation is 1. The molecular weight excluding hydrogens is 477 g/mol. The molecule has 3 aromatic rings. The second-order valence-electron chi connectivity index (χ2n) is 10.9. The summed E-state index contributed by atoms with van der Waals surface area (Å²) in [7, 11) is 1.89. The molecule has 192 valence electrons. The van der Waals surface area contributed by atoms with Gasteiger partial charge in [-0.2, -0.15) is 17.7 Å². The molecule has 1 aromatic heterocycles. The predicted molar refractivity (Wildman–Crippen MR) is 139 cm³/mol. The number of alkyl halides is 3. The molecule has 0 unspecified atom stereocenters. The average Bonchev–Trinajstić information content (AvgIpc) is 3.26. The molecule has 0 saturated heterocycles. The number of benzene rings is 2. The van der Waals surface area contributed by atoms with Crippen LogP contribution in [0.2, 0.25) is 0 Å². The Bertz CT molecular complexity index is 1550. The van der Waals surface area contributed by atoms with Crippen LogP contribution in [0.3, 0.4) is 0 Å². The number of carbonyl (C=O) groups is 1. The number of allylic oxidation sites excluding steroid dienone is 3. The zero-order valence-corrected chi connectivity index (χ0v) is 21.6. The van der Waals surface area contributed by atoms with E-state index in [-0.39, 0.29) is 22.7 Å². The highest BCUT2D eigenvalue weighted by Crippen LogP contribution is 2.45. The van der Waals surface area contributed by atoms with Crippen molar-refractivity contribution in [2.75, 3.05) is 6.54 Å².